The van der Waals surface area contributed by atoms with Crippen LogP contribution in [0.5, 0.6) is 0 Å². The lowest BCUT2D eigenvalue weighted by Gasteiger charge is -2.32. The summed E-state index contributed by atoms with van der Waals surface area (Å²) >= 11 is 0. The Morgan fingerprint density at radius 3 is 1.88 bits per heavy atom. The zero-order valence-electron chi connectivity index (χ0n) is 15.4. The summed E-state index contributed by atoms with van der Waals surface area (Å²) in [5.41, 5.74) is 0.176. The Morgan fingerprint density at radius 2 is 1.48 bits per heavy atom. The topological polar surface area (TPSA) is 92.8 Å². The molecule has 0 saturated carbocycles. The number of nitrogens with zero attached hydrogens (tertiary/aromatic N) is 1. The van der Waals surface area contributed by atoms with Crippen molar-refractivity contribution in [1.82, 2.24) is 9.62 Å². The summed E-state index contributed by atoms with van der Waals surface area (Å²) < 4.78 is 30.8. The smallest absolute Gasteiger partial charge is 0.338 e. The molecular formula is C17H26N2O5S. The van der Waals surface area contributed by atoms with Crippen LogP contribution >= 0.6 is 0 Å². The van der Waals surface area contributed by atoms with E-state index in [1.165, 1.54) is 38.2 Å². The molecule has 1 amide bonds. The summed E-state index contributed by atoms with van der Waals surface area (Å²) in [7, 11) is -2.26. The monoisotopic (exact) mass is 370 g/mol. The minimum absolute atomic E-state index is 0.0142. The van der Waals surface area contributed by atoms with E-state index >= 15 is 0 Å². The number of ether oxygens (including phenoxy) is 1. The lowest BCUT2D eigenvalue weighted by molar-refractivity contribution is -0.143. The SMILES string of the molecule is CNS(=O)(=O)c1ccc(C(=O)OC(C)C(=O)N(C(C)C)C(C)C)cc1. The molecule has 140 valence electrons. The highest BCUT2D eigenvalue weighted by Crippen LogP contribution is 2.14. The molecule has 0 aliphatic rings. The van der Waals surface area contributed by atoms with E-state index in [0.29, 0.717) is 0 Å². The van der Waals surface area contributed by atoms with Crippen LogP contribution in [-0.4, -0.2) is 50.4 Å². The highest BCUT2D eigenvalue weighted by atomic mass is 32.2. The maximum atomic E-state index is 12.5. The molecule has 25 heavy (non-hydrogen) atoms. The predicted molar refractivity (Wildman–Crippen MR) is 94.7 cm³/mol. The second-order valence-electron chi connectivity index (χ2n) is 6.21. The van der Waals surface area contributed by atoms with E-state index < -0.39 is 22.1 Å². The van der Waals surface area contributed by atoms with Crippen LogP contribution in [0.1, 0.15) is 45.0 Å². The molecule has 1 rings (SSSR count). The summed E-state index contributed by atoms with van der Waals surface area (Å²) in [5, 5.41) is 0. The average molecular weight is 370 g/mol. The molecule has 1 N–H and O–H groups in total. The van der Waals surface area contributed by atoms with Gasteiger partial charge >= 0.3 is 5.97 Å². The van der Waals surface area contributed by atoms with Gasteiger partial charge in [0.2, 0.25) is 10.0 Å². The van der Waals surface area contributed by atoms with Gasteiger partial charge in [-0.25, -0.2) is 17.9 Å². The van der Waals surface area contributed by atoms with Crippen molar-refractivity contribution in [3.63, 3.8) is 0 Å². The Labute approximate surface area is 149 Å². The first-order valence-corrected chi connectivity index (χ1v) is 9.56. The molecule has 0 spiro atoms. The van der Waals surface area contributed by atoms with E-state index in [2.05, 4.69) is 4.72 Å². The number of amides is 1. The van der Waals surface area contributed by atoms with Gasteiger partial charge in [0.1, 0.15) is 0 Å². The third-order valence-electron chi connectivity index (χ3n) is 3.67. The molecule has 0 aliphatic carbocycles. The highest BCUT2D eigenvalue weighted by Gasteiger charge is 2.28. The Bertz CT molecular complexity index is 703. The molecular weight excluding hydrogens is 344 g/mol. The number of benzene rings is 1. The van der Waals surface area contributed by atoms with E-state index in [1.54, 1.807) is 4.90 Å². The van der Waals surface area contributed by atoms with Crippen molar-refractivity contribution in [2.75, 3.05) is 7.05 Å². The second kappa shape index (κ2) is 8.44. The summed E-state index contributed by atoms with van der Waals surface area (Å²) in [6.07, 6.45) is -0.932. The highest BCUT2D eigenvalue weighted by molar-refractivity contribution is 7.89. The van der Waals surface area contributed by atoms with Crippen molar-refractivity contribution < 1.29 is 22.7 Å². The summed E-state index contributed by atoms with van der Waals surface area (Å²) in [4.78, 5) is 26.4. The third-order valence-corrected chi connectivity index (χ3v) is 5.10. The van der Waals surface area contributed by atoms with Crippen LogP contribution in [0, 0.1) is 0 Å². The van der Waals surface area contributed by atoms with Gasteiger partial charge in [-0.15, -0.1) is 0 Å². The van der Waals surface area contributed by atoms with Gasteiger partial charge in [-0.1, -0.05) is 0 Å². The molecule has 1 unspecified atom stereocenters. The first kappa shape index (κ1) is 21.1. The van der Waals surface area contributed by atoms with Crippen molar-refractivity contribution >= 4 is 21.9 Å². The fourth-order valence-electron chi connectivity index (χ4n) is 2.48. The molecule has 0 saturated heterocycles. The van der Waals surface area contributed by atoms with Crippen molar-refractivity contribution in [1.29, 1.82) is 0 Å². The zero-order valence-corrected chi connectivity index (χ0v) is 16.3. The number of hydrogen-bond donors (Lipinski definition) is 1. The van der Waals surface area contributed by atoms with Crippen LogP contribution in [0.25, 0.3) is 0 Å². The fraction of sp³-hybridized carbons (Fsp3) is 0.529. The van der Waals surface area contributed by atoms with E-state index in [4.69, 9.17) is 4.74 Å². The van der Waals surface area contributed by atoms with Crippen LogP contribution in [0.15, 0.2) is 29.2 Å². The maximum Gasteiger partial charge on any atom is 0.338 e. The van der Waals surface area contributed by atoms with E-state index in [-0.39, 0.29) is 28.4 Å². The van der Waals surface area contributed by atoms with Gasteiger partial charge in [-0.05, 0) is 65.9 Å². The van der Waals surface area contributed by atoms with Gasteiger partial charge in [0.15, 0.2) is 6.10 Å². The van der Waals surface area contributed by atoms with Gasteiger partial charge in [0, 0.05) is 12.1 Å². The zero-order chi connectivity index (χ0) is 19.4. The van der Waals surface area contributed by atoms with Crippen molar-refractivity contribution in [2.45, 2.75) is 57.7 Å². The molecule has 0 fully saturated rings. The first-order valence-electron chi connectivity index (χ1n) is 8.08. The lowest BCUT2D eigenvalue weighted by Crippen LogP contribution is -2.47. The van der Waals surface area contributed by atoms with Crippen LogP contribution < -0.4 is 4.72 Å². The Hall–Kier alpha value is -1.93. The normalized spacial score (nSPS) is 13.0. The van der Waals surface area contributed by atoms with Gasteiger partial charge in [-0.2, -0.15) is 0 Å². The molecule has 0 aromatic heterocycles. The Morgan fingerprint density at radius 1 is 1.00 bits per heavy atom. The van der Waals surface area contributed by atoms with E-state index in [0.717, 1.165) is 0 Å². The van der Waals surface area contributed by atoms with E-state index in [9.17, 15) is 18.0 Å². The van der Waals surface area contributed by atoms with Crippen molar-refractivity contribution in [3.8, 4) is 0 Å². The largest absolute Gasteiger partial charge is 0.449 e. The number of hydrogen-bond acceptors (Lipinski definition) is 5. The average Bonchev–Trinajstić information content (AvgIpc) is 2.54. The van der Waals surface area contributed by atoms with Crippen LogP contribution in [-0.2, 0) is 19.6 Å². The molecule has 1 aromatic carbocycles. The summed E-state index contributed by atoms with van der Waals surface area (Å²) in [6.45, 7) is 9.11. The minimum Gasteiger partial charge on any atom is -0.449 e. The molecule has 8 heteroatoms. The number of rotatable bonds is 7. The first-order chi connectivity index (χ1) is 11.5. The van der Waals surface area contributed by atoms with Crippen LogP contribution in [0.2, 0.25) is 0 Å². The quantitative estimate of drug-likeness (QED) is 0.739. The van der Waals surface area contributed by atoms with Crippen LogP contribution in [0.3, 0.4) is 0 Å². The lowest BCUT2D eigenvalue weighted by atomic mass is 10.2. The Balaban J connectivity index is 2.86. The fourth-order valence-corrected chi connectivity index (χ4v) is 3.21. The maximum absolute atomic E-state index is 12.5. The number of carbonyl (C=O) groups is 2. The summed E-state index contributed by atoms with van der Waals surface area (Å²) in [5.74, 6) is -0.950. The number of sulfonamides is 1. The molecule has 1 atom stereocenters. The number of carbonyl (C=O) groups excluding carboxylic acids is 2. The minimum atomic E-state index is -3.57. The number of esters is 1. The third kappa shape index (κ3) is 5.27. The molecule has 0 bridgehead atoms. The molecule has 0 heterocycles. The van der Waals surface area contributed by atoms with Gasteiger partial charge < -0.3 is 9.64 Å². The second-order valence-corrected chi connectivity index (χ2v) is 8.10. The van der Waals surface area contributed by atoms with Crippen molar-refractivity contribution in [3.05, 3.63) is 29.8 Å². The molecule has 0 aliphatic heterocycles. The van der Waals surface area contributed by atoms with E-state index in [1.807, 2.05) is 27.7 Å². The van der Waals surface area contributed by atoms with Crippen LogP contribution in [0.4, 0.5) is 0 Å². The van der Waals surface area contributed by atoms with Gasteiger partial charge in [0.05, 0.1) is 10.5 Å². The standard InChI is InChI=1S/C17H26N2O5S/c1-11(2)19(12(3)4)16(20)13(5)24-17(21)14-7-9-15(10-8-14)25(22,23)18-6/h7-13,18H,1-6H3. The summed E-state index contributed by atoms with van der Waals surface area (Å²) in [6, 6.07) is 5.30. The van der Waals surface area contributed by atoms with Gasteiger partial charge in [0.25, 0.3) is 5.91 Å². The molecule has 7 nitrogen and oxygen atoms in total. The molecule has 0 radical (unpaired) electrons. The van der Waals surface area contributed by atoms with Crippen molar-refractivity contribution in [2.24, 2.45) is 0 Å². The number of nitrogens with one attached hydrogen (secondary N) is 1. The predicted octanol–water partition coefficient (Wildman–Crippen LogP) is 1.79. The molecule has 1 aromatic rings. The van der Waals surface area contributed by atoms with Gasteiger partial charge in [-0.3, -0.25) is 4.79 Å². The Kier molecular flexibility index (Phi) is 7.13.